The maximum Gasteiger partial charge on any atom is 0.0893 e. The summed E-state index contributed by atoms with van der Waals surface area (Å²) in [5.74, 6) is 0.501. The van der Waals surface area contributed by atoms with Crippen LogP contribution >= 0.6 is 43.5 Å². The first-order valence-electron chi connectivity index (χ1n) is 4.74. The fourth-order valence-electron chi connectivity index (χ4n) is 1.47. The molecule has 0 spiro atoms. The molecule has 2 aromatic rings. The molecule has 2 rings (SSSR count). The molecule has 5 heteroatoms. The summed E-state index contributed by atoms with van der Waals surface area (Å²) < 4.78 is 0. The number of fused-ring (bicyclic) bond motifs is 1. The second-order valence-corrected chi connectivity index (χ2v) is 4.73. The van der Waals surface area contributed by atoms with Crippen molar-refractivity contribution < 1.29 is 0 Å². The Hall–Kier alpha value is -0.190. The van der Waals surface area contributed by atoms with E-state index in [1.165, 1.54) is 0 Å². The maximum atomic E-state index is 5.79. The van der Waals surface area contributed by atoms with Crippen LogP contribution in [-0.2, 0) is 16.5 Å². The monoisotopic (exact) mass is 362 g/mol. The average molecular weight is 364 g/mol. The van der Waals surface area contributed by atoms with Gasteiger partial charge in [0.15, 0.2) is 0 Å². The lowest BCUT2D eigenvalue weighted by molar-refractivity contribution is 1.08. The standard InChI is InChI=1S/C11H9Br2ClN2/c12-4-10-11(5-13)16-9-3-7(6-14)1-2-8(9)15-10/h1-3H,4-6H2. The molecule has 0 fully saturated rings. The molecule has 0 N–H and O–H groups in total. The predicted molar refractivity (Wildman–Crippen MR) is 74.4 cm³/mol. The van der Waals surface area contributed by atoms with E-state index >= 15 is 0 Å². The summed E-state index contributed by atoms with van der Waals surface area (Å²) in [5, 5.41) is 1.43. The van der Waals surface area contributed by atoms with Gasteiger partial charge in [0.2, 0.25) is 0 Å². The second kappa shape index (κ2) is 5.43. The van der Waals surface area contributed by atoms with Crippen LogP contribution in [0.25, 0.3) is 11.0 Å². The highest BCUT2D eigenvalue weighted by atomic mass is 79.9. The third-order valence-electron chi connectivity index (χ3n) is 2.29. The molecule has 84 valence electrons. The zero-order valence-electron chi connectivity index (χ0n) is 8.38. The van der Waals surface area contributed by atoms with E-state index in [0.717, 1.165) is 28.0 Å². The zero-order valence-corrected chi connectivity index (χ0v) is 12.3. The number of hydrogen-bond donors (Lipinski definition) is 0. The average Bonchev–Trinajstić information content (AvgIpc) is 2.36. The van der Waals surface area contributed by atoms with Crippen molar-refractivity contribution in [3.63, 3.8) is 0 Å². The Bertz CT molecular complexity index is 517. The minimum atomic E-state index is 0.501. The van der Waals surface area contributed by atoms with Gasteiger partial charge in [-0.3, -0.25) is 0 Å². The Morgan fingerprint density at radius 2 is 1.62 bits per heavy atom. The Morgan fingerprint density at radius 1 is 1.00 bits per heavy atom. The molecule has 0 amide bonds. The molecule has 1 aromatic heterocycles. The van der Waals surface area contributed by atoms with Gasteiger partial charge in [0.1, 0.15) is 0 Å². The lowest BCUT2D eigenvalue weighted by Gasteiger charge is -2.06. The highest BCUT2D eigenvalue weighted by molar-refractivity contribution is 9.09. The van der Waals surface area contributed by atoms with E-state index in [9.17, 15) is 0 Å². The Labute approximate surface area is 116 Å². The highest BCUT2D eigenvalue weighted by Crippen LogP contribution is 2.19. The summed E-state index contributed by atoms with van der Waals surface area (Å²) in [5.41, 5.74) is 4.82. The second-order valence-electron chi connectivity index (χ2n) is 3.34. The molecule has 1 aromatic carbocycles. The molecule has 0 aliphatic rings. The van der Waals surface area contributed by atoms with E-state index in [1.807, 2.05) is 18.2 Å². The topological polar surface area (TPSA) is 25.8 Å². The summed E-state index contributed by atoms with van der Waals surface area (Å²) in [7, 11) is 0. The van der Waals surface area contributed by atoms with Crippen LogP contribution in [0.3, 0.4) is 0 Å². The lowest BCUT2D eigenvalue weighted by atomic mass is 10.2. The van der Waals surface area contributed by atoms with Crippen LogP contribution in [0.5, 0.6) is 0 Å². The molecule has 0 bridgehead atoms. The van der Waals surface area contributed by atoms with Crippen LogP contribution in [0.4, 0.5) is 0 Å². The Kier molecular flexibility index (Phi) is 4.16. The van der Waals surface area contributed by atoms with Gasteiger partial charge in [-0.25, -0.2) is 9.97 Å². The van der Waals surface area contributed by atoms with Crippen molar-refractivity contribution in [1.82, 2.24) is 9.97 Å². The van der Waals surface area contributed by atoms with Crippen LogP contribution in [0, 0.1) is 0 Å². The number of rotatable bonds is 3. The van der Waals surface area contributed by atoms with Crippen molar-refractivity contribution in [2.75, 3.05) is 0 Å². The van der Waals surface area contributed by atoms with Gasteiger partial charge in [-0.15, -0.1) is 11.6 Å². The summed E-state index contributed by atoms with van der Waals surface area (Å²) in [6.07, 6.45) is 0. The molecule has 0 aliphatic carbocycles. The summed E-state index contributed by atoms with van der Waals surface area (Å²) in [6.45, 7) is 0. The molecule has 0 saturated carbocycles. The molecular weight excluding hydrogens is 355 g/mol. The van der Waals surface area contributed by atoms with Gasteiger partial charge in [0.05, 0.1) is 22.4 Å². The maximum absolute atomic E-state index is 5.79. The first kappa shape index (κ1) is 12.3. The molecule has 1 heterocycles. The Balaban J connectivity index is 2.63. The predicted octanol–water partition coefficient (Wildman–Crippen LogP) is 4.16. The normalized spacial score (nSPS) is 10.9. The number of nitrogens with zero attached hydrogens (tertiary/aromatic N) is 2. The first-order valence-corrected chi connectivity index (χ1v) is 7.52. The van der Waals surface area contributed by atoms with Crippen molar-refractivity contribution in [1.29, 1.82) is 0 Å². The quantitative estimate of drug-likeness (QED) is 0.765. The van der Waals surface area contributed by atoms with Crippen molar-refractivity contribution in [2.24, 2.45) is 0 Å². The molecule has 0 atom stereocenters. The Morgan fingerprint density at radius 3 is 2.19 bits per heavy atom. The molecule has 16 heavy (non-hydrogen) atoms. The summed E-state index contributed by atoms with van der Waals surface area (Å²) >= 11 is 12.6. The number of benzene rings is 1. The minimum absolute atomic E-state index is 0.501. The molecular formula is C11H9Br2ClN2. The first-order chi connectivity index (χ1) is 7.78. The van der Waals surface area contributed by atoms with E-state index in [4.69, 9.17) is 11.6 Å². The lowest BCUT2D eigenvalue weighted by Crippen LogP contribution is -1.98. The molecule has 0 radical (unpaired) electrons. The van der Waals surface area contributed by atoms with Crippen LogP contribution in [0.2, 0.25) is 0 Å². The number of hydrogen-bond acceptors (Lipinski definition) is 2. The SMILES string of the molecule is ClCc1ccc2nc(CBr)c(CBr)nc2c1. The van der Waals surface area contributed by atoms with Crippen LogP contribution < -0.4 is 0 Å². The zero-order chi connectivity index (χ0) is 11.5. The van der Waals surface area contributed by atoms with E-state index in [1.54, 1.807) is 0 Å². The smallest absolute Gasteiger partial charge is 0.0893 e. The van der Waals surface area contributed by atoms with Crippen molar-refractivity contribution >= 4 is 54.5 Å². The van der Waals surface area contributed by atoms with Gasteiger partial charge in [-0.05, 0) is 17.7 Å². The third-order valence-corrected chi connectivity index (χ3v) is 3.66. The number of alkyl halides is 3. The van der Waals surface area contributed by atoms with Crippen molar-refractivity contribution in [2.45, 2.75) is 16.5 Å². The van der Waals surface area contributed by atoms with E-state index in [0.29, 0.717) is 16.5 Å². The minimum Gasteiger partial charge on any atom is -0.248 e. The van der Waals surface area contributed by atoms with Gasteiger partial charge in [0.25, 0.3) is 0 Å². The van der Waals surface area contributed by atoms with E-state index < -0.39 is 0 Å². The van der Waals surface area contributed by atoms with Crippen LogP contribution in [-0.4, -0.2) is 9.97 Å². The van der Waals surface area contributed by atoms with Gasteiger partial charge in [0, 0.05) is 16.5 Å². The van der Waals surface area contributed by atoms with E-state index in [2.05, 4.69) is 41.8 Å². The highest BCUT2D eigenvalue weighted by Gasteiger charge is 2.07. The van der Waals surface area contributed by atoms with Gasteiger partial charge in [-0.2, -0.15) is 0 Å². The summed E-state index contributed by atoms with van der Waals surface area (Å²) in [6, 6.07) is 5.93. The summed E-state index contributed by atoms with van der Waals surface area (Å²) in [4.78, 5) is 9.13. The number of aromatic nitrogens is 2. The van der Waals surface area contributed by atoms with Crippen LogP contribution in [0.15, 0.2) is 18.2 Å². The fourth-order valence-corrected chi connectivity index (χ4v) is 2.53. The van der Waals surface area contributed by atoms with Crippen LogP contribution in [0.1, 0.15) is 17.0 Å². The number of halogens is 3. The van der Waals surface area contributed by atoms with Crippen molar-refractivity contribution in [3.8, 4) is 0 Å². The molecule has 0 saturated heterocycles. The fraction of sp³-hybridized carbons (Fsp3) is 0.273. The van der Waals surface area contributed by atoms with Crippen molar-refractivity contribution in [3.05, 3.63) is 35.2 Å². The van der Waals surface area contributed by atoms with E-state index in [-0.39, 0.29) is 0 Å². The molecule has 0 aliphatic heterocycles. The largest absolute Gasteiger partial charge is 0.248 e. The molecule has 2 nitrogen and oxygen atoms in total. The van der Waals surface area contributed by atoms with Gasteiger partial charge in [-0.1, -0.05) is 37.9 Å². The van der Waals surface area contributed by atoms with Gasteiger partial charge >= 0.3 is 0 Å². The van der Waals surface area contributed by atoms with Gasteiger partial charge < -0.3 is 0 Å². The molecule has 0 unspecified atom stereocenters. The third kappa shape index (κ3) is 2.39.